The number of hydrogen-bond acceptors (Lipinski definition) is 7. The van der Waals surface area contributed by atoms with Gasteiger partial charge in [-0.15, -0.1) is 0 Å². The van der Waals surface area contributed by atoms with E-state index < -0.39 is 21.2 Å². The maximum atomic E-state index is 14.7. The van der Waals surface area contributed by atoms with E-state index in [4.69, 9.17) is 9.47 Å². The fraction of sp³-hybridized carbons (Fsp3) is 0.512. The summed E-state index contributed by atoms with van der Waals surface area (Å²) in [6, 6.07) is 11.8. The number of nitrogens with one attached hydrogen (secondary N) is 1. The highest BCUT2D eigenvalue weighted by Gasteiger charge is 2.37. The number of allylic oxidation sites excluding steroid dienone is 1. The van der Waals surface area contributed by atoms with Crippen LogP contribution in [0.15, 0.2) is 42.6 Å². The van der Waals surface area contributed by atoms with Crippen molar-refractivity contribution in [2.75, 3.05) is 20.8 Å². The lowest BCUT2D eigenvalue weighted by molar-refractivity contribution is 0.0264. The van der Waals surface area contributed by atoms with E-state index in [0.29, 0.717) is 43.0 Å². The fourth-order valence-electron chi connectivity index (χ4n) is 9.92. The fourth-order valence-corrected chi connectivity index (χ4v) is 11.4. The minimum atomic E-state index is -3.80. The van der Waals surface area contributed by atoms with E-state index in [1.807, 2.05) is 30.1 Å². The molecule has 11 nitrogen and oxygen atoms in total. The van der Waals surface area contributed by atoms with Crippen molar-refractivity contribution in [1.29, 1.82) is 0 Å². The second-order valence-corrected chi connectivity index (χ2v) is 18.0. The zero-order valence-corrected chi connectivity index (χ0v) is 33.3. The van der Waals surface area contributed by atoms with Crippen molar-refractivity contribution in [3.8, 4) is 17.0 Å². The number of ether oxygens (including phenoxy) is 2. The van der Waals surface area contributed by atoms with E-state index in [1.54, 1.807) is 31.2 Å². The Morgan fingerprint density at radius 2 is 1.67 bits per heavy atom. The Hall–Kier alpha value is -4.42. The Morgan fingerprint density at radius 1 is 0.909 bits per heavy atom. The summed E-state index contributed by atoms with van der Waals surface area (Å²) in [6.45, 7) is 2.99. The summed E-state index contributed by atoms with van der Waals surface area (Å²) in [4.78, 5) is 30.4. The van der Waals surface area contributed by atoms with Crippen LogP contribution in [-0.4, -0.2) is 77.6 Å². The number of hydrogen-bond donors (Lipinski definition) is 1. The van der Waals surface area contributed by atoms with Crippen molar-refractivity contribution in [3.05, 3.63) is 70.5 Å². The van der Waals surface area contributed by atoms with Crippen LogP contribution >= 0.6 is 0 Å². The average Bonchev–Trinajstić information content (AvgIpc) is 3.91. The van der Waals surface area contributed by atoms with Gasteiger partial charge in [0, 0.05) is 42.2 Å². The number of aryl methyl sites for hydroxylation is 1. The molecular weight excluding hydrogens is 715 g/mol. The van der Waals surface area contributed by atoms with E-state index in [9.17, 15) is 18.0 Å². The van der Waals surface area contributed by atoms with Crippen LogP contribution in [0.1, 0.15) is 127 Å². The molecule has 2 aliphatic heterocycles. The van der Waals surface area contributed by atoms with Gasteiger partial charge in [0.15, 0.2) is 0 Å². The van der Waals surface area contributed by atoms with E-state index in [2.05, 4.69) is 39.5 Å². The number of benzene rings is 2. The highest BCUT2D eigenvalue weighted by molar-refractivity contribution is 7.90. The van der Waals surface area contributed by atoms with Gasteiger partial charge in [-0.3, -0.25) is 14.3 Å². The molecule has 2 atom stereocenters. The number of sulfonamides is 1. The van der Waals surface area contributed by atoms with Gasteiger partial charge in [0.2, 0.25) is 10.0 Å². The van der Waals surface area contributed by atoms with Crippen LogP contribution in [-0.2, 0) is 28.4 Å². The van der Waals surface area contributed by atoms with E-state index in [-0.39, 0.29) is 18.0 Å². The van der Waals surface area contributed by atoms with Crippen LogP contribution in [0.4, 0.5) is 0 Å². The Bertz CT molecular complexity index is 2260. The largest absolute Gasteiger partial charge is 0.497 e. The Labute approximate surface area is 324 Å². The average molecular weight is 768 g/mol. The molecule has 55 heavy (non-hydrogen) atoms. The van der Waals surface area contributed by atoms with Gasteiger partial charge in [0.05, 0.1) is 54.7 Å². The third-order valence-corrected chi connectivity index (χ3v) is 14.4. The number of aromatic nitrogens is 3. The second kappa shape index (κ2) is 15.3. The summed E-state index contributed by atoms with van der Waals surface area (Å²) >= 11 is 0. The molecule has 4 aliphatic rings. The molecule has 292 valence electrons. The summed E-state index contributed by atoms with van der Waals surface area (Å²) in [5, 5.41) is 5.20. The maximum Gasteiger partial charge on any atom is 0.264 e. The normalized spacial score (nSPS) is 20.9. The maximum absolute atomic E-state index is 14.7. The lowest BCUT2D eigenvalue weighted by Crippen LogP contribution is -2.50. The zero-order chi connectivity index (χ0) is 38.4. The number of carbonyl (C=O) groups excluding carboxylic acids is 2. The Balaban J connectivity index is 1.30. The molecule has 1 saturated heterocycles. The van der Waals surface area contributed by atoms with Gasteiger partial charge in [0.1, 0.15) is 5.75 Å². The number of fused-ring (bicyclic) bond motifs is 5. The number of methoxy groups -OCH3 is 2. The molecule has 2 saturated carbocycles. The van der Waals surface area contributed by atoms with Crippen LogP contribution in [0.25, 0.3) is 33.8 Å². The van der Waals surface area contributed by atoms with Gasteiger partial charge in [-0.1, -0.05) is 38.2 Å². The Kier molecular flexibility index (Phi) is 10.4. The molecule has 2 aromatic heterocycles. The van der Waals surface area contributed by atoms with Gasteiger partial charge in [-0.2, -0.15) is 5.10 Å². The lowest BCUT2D eigenvalue weighted by Gasteiger charge is -2.40. The third kappa shape index (κ3) is 6.90. The quantitative estimate of drug-likeness (QED) is 0.185. The van der Waals surface area contributed by atoms with Gasteiger partial charge in [0.25, 0.3) is 11.8 Å². The highest BCUT2D eigenvalue weighted by atomic mass is 32.2. The molecule has 1 N–H and O–H groups in total. The summed E-state index contributed by atoms with van der Waals surface area (Å²) < 4.78 is 44.3. The van der Waals surface area contributed by atoms with E-state index in [1.165, 1.54) is 12.0 Å². The minimum Gasteiger partial charge on any atom is -0.497 e. The summed E-state index contributed by atoms with van der Waals surface area (Å²) in [5.41, 5.74) is 7.68. The second-order valence-electron chi connectivity index (χ2n) is 16.1. The summed E-state index contributed by atoms with van der Waals surface area (Å²) in [7, 11) is 1.43. The van der Waals surface area contributed by atoms with Crippen LogP contribution in [0.5, 0.6) is 5.75 Å². The molecule has 2 aliphatic carbocycles. The smallest absolute Gasteiger partial charge is 0.264 e. The molecule has 0 bridgehead atoms. The van der Waals surface area contributed by atoms with Crippen molar-refractivity contribution in [2.45, 2.75) is 114 Å². The molecule has 4 heterocycles. The Morgan fingerprint density at radius 3 is 2.42 bits per heavy atom. The summed E-state index contributed by atoms with van der Waals surface area (Å²) in [5.74, 6) is 0.375. The van der Waals surface area contributed by atoms with E-state index in [0.717, 1.165) is 103 Å². The minimum absolute atomic E-state index is 0.0255. The van der Waals surface area contributed by atoms with Crippen LogP contribution < -0.4 is 9.46 Å². The van der Waals surface area contributed by atoms with Gasteiger partial charge >= 0.3 is 0 Å². The van der Waals surface area contributed by atoms with Crippen LogP contribution in [0.2, 0.25) is 0 Å². The molecule has 2 unspecified atom stereocenters. The lowest BCUT2D eigenvalue weighted by atomic mass is 9.81. The van der Waals surface area contributed by atoms with Crippen molar-refractivity contribution < 1.29 is 27.5 Å². The first kappa shape index (κ1) is 37.5. The van der Waals surface area contributed by atoms with Crippen molar-refractivity contribution in [1.82, 2.24) is 24.0 Å². The van der Waals surface area contributed by atoms with Crippen molar-refractivity contribution in [3.63, 3.8) is 0 Å². The molecule has 8 rings (SSSR count). The number of piperidine rings is 1. The monoisotopic (exact) mass is 767 g/mol. The van der Waals surface area contributed by atoms with Crippen molar-refractivity contribution >= 4 is 44.4 Å². The number of amides is 2. The molecule has 2 aromatic carbocycles. The number of nitrogens with zero attached hydrogens (tertiary/aromatic N) is 4. The molecular formula is C43H53N5O6S. The molecule has 4 aromatic rings. The van der Waals surface area contributed by atoms with Gasteiger partial charge in [-0.05, 0) is 111 Å². The molecule has 0 radical (unpaired) electrons. The SMILES string of the molecule is COCC1CCCC(C)N1C(=O)c1cnn(C)c1C1=Cc2cc(OC)ccc2-c2c(C3CCCCC3)c3ccc(C(=O)NS(=O)(=O)C4CCCC4)cc3n2C1. The van der Waals surface area contributed by atoms with Crippen LogP contribution in [0, 0.1) is 0 Å². The highest BCUT2D eigenvalue weighted by Crippen LogP contribution is 2.48. The standard InChI is InChI=1S/C43H53N5O6S/c1-27-11-10-14-32(26-53-3)48(27)43(50)37-24-44-46(2)40(37)31-21-30-22-33(54-4)18-20-35(30)41-39(28-12-6-5-7-13-28)36-19-17-29(23-38(36)47(41)25-31)42(49)45-55(51,52)34-15-8-9-16-34/h17-24,27-28,32,34H,5-16,25-26H2,1-4H3,(H,45,49). The molecule has 12 heteroatoms. The summed E-state index contributed by atoms with van der Waals surface area (Å²) in [6.07, 6.45) is 15.2. The number of likely N-dealkylation sites (tertiary alicyclic amines) is 1. The number of carbonyl (C=O) groups is 2. The predicted octanol–water partition coefficient (Wildman–Crippen LogP) is 7.68. The zero-order valence-electron chi connectivity index (χ0n) is 32.5. The first-order valence-electron chi connectivity index (χ1n) is 20.0. The topological polar surface area (TPSA) is 125 Å². The molecule has 2 amide bonds. The first-order chi connectivity index (χ1) is 26.6. The number of rotatable bonds is 9. The third-order valence-electron chi connectivity index (χ3n) is 12.6. The van der Waals surface area contributed by atoms with Gasteiger partial charge < -0.3 is 18.9 Å². The molecule has 3 fully saturated rings. The van der Waals surface area contributed by atoms with E-state index >= 15 is 0 Å². The van der Waals surface area contributed by atoms with Crippen molar-refractivity contribution in [2.24, 2.45) is 7.05 Å². The molecule has 0 spiro atoms. The first-order valence-corrected chi connectivity index (χ1v) is 21.6. The van der Waals surface area contributed by atoms with Crippen LogP contribution in [0.3, 0.4) is 0 Å². The van der Waals surface area contributed by atoms with Gasteiger partial charge in [-0.25, -0.2) is 13.1 Å². The predicted molar refractivity (Wildman–Crippen MR) is 215 cm³/mol.